The normalized spacial score (nSPS) is 9.50. The van der Waals surface area contributed by atoms with Crippen molar-refractivity contribution < 1.29 is 4.92 Å². The Morgan fingerprint density at radius 2 is 2.33 bits per heavy atom. The predicted octanol–water partition coefficient (Wildman–Crippen LogP) is 0.929. The van der Waals surface area contributed by atoms with Gasteiger partial charge in [-0.25, -0.2) is 10.8 Å². The molecular weight excluding hydrogens is 184 g/mol. The molecule has 64 valence electrons. The highest BCUT2D eigenvalue weighted by Crippen LogP contribution is 2.22. The Balaban J connectivity index is 3.20. The van der Waals surface area contributed by atoms with Crippen LogP contribution in [0.4, 0.5) is 11.5 Å². The van der Waals surface area contributed by atoms with Gasteiger partial charge in [-0.1, -0.05) is 11.6 Å². The van der Waals surface area contributed by atoms with Crippen molar-refractivity contribution in [1.29, 1.82) is 0 Å². The molecule has 12 heavy (non-hydrogen) atoms. The monoisotopic (exact) mass is 188 g/mol. The molecule has 0 aliphatic rings. The Hall–Kier alpha value is -1.40. The van der Waals surface area contributed by atoms with Crippen LogP contribution in [0.1, 0.15) is 0 Å². The fourth-order valence-electron chi connectivity index (χ4n) is 0.682. The minimum Gasteiger partial charge on any atom is -0.303 e. The van der Waals surface area contributed by atoms with E-state index in [-0.39, 0.29) is 16.7 Å². The SMILES string of the molecule is NNc1nc(Cl)ccc1[N+](=O)[O-]. The highest BCUT2D eigenvalue weighted by Gasteiger charge is 2.13. The lowest BCUT2D eigenvalue weighted by Crippen LogP contribution is -2.10. The van der Waals surface area contributed by atoms with E-state index < -0.39 is 4.92 Å². The standard InChI is InChI=1S/C5H5ClN4O2/c6-4-2-1-3(10(11)12)5(8-4)9-7/h1-2H,7H2,(H,8,9). The zero-order valence-corrected chi connectivity index (χ0v) is 6.58. The second kappa shape index (κ2) is 3.33. The van der Waals surface area contributed by atoms with Gasteiger partial charge < -0.3 is 5.43 Å². The Morgan fingerprint density at radius 1 is 1.67 bits per heavy atom. The molecule has 7 heteroatoms. The largest absolute Gasteiger partial charge is 0.312 e. The van der Waals surface area contributed by atoms with Gasteiger partial charge in [0.1, 0.15) is 5.15 Å². The summed E-state index contributed by atoms with van der Waals surface area (Å²) < 4.78 is 0. The first-order valence-electron chi connectivity index (χ1n) is 2.92. The van der Waals surface area contributed by atoms with E-state index in [9.17, 15) is 10.1 Å². The number of nitrogens with zero attached hydrogens (tertiary/aromatic N) is 2. The summed E-state index contributed by atoms with van der Waals surface area (Å²) in [7, 11) is 0. The van der Waals surface area contributed by atoms with Crippen LogP contribution in [0.25, 0.3) is 0 Å². The molecule has 0 spiro atoms. The lowest BCUT2D eigenvalue weighted by molar-refractivity contribution is -0.384. The third kappa shape index (κ3) is 1.60. The maximum absolute atomic E-state index is 10.3. The third-order valence-corrected chi connectivity index (χ3v) is 1.38. The summed E-state index contributed by atoms with van der Waals surface area (Å²) in [5.41, 5.74) is 1.87. The van der Waals surface area contributed by atoms with Gasteiger partial charge in [0.25, 0.3) is 0 Å². The van der Waals surface area contributed by atoms with Crippen molar-refractivity contribution in [2.24, 2.45) is 5.84 Å². The van der Waals surface area contributed by atoms with Gasteiger partial charge >= 0.3 is 5.69 Å². The highest BCUT2D eigenvalue weighted by atomic mass is 35.5. The zero-order valence-electron chi connectivity index (χ0n) is 5.82. The van der Waals surface area contributed by atoms with Gasteiger partial charge in [0, 0.05) is 6.07 Å². The summed E-state index contributed by atoms with van der Waals surface area (Å²) in [5.74, 6) is 4.93. The number of pyridine rings is 1. The number of hydrazine groups is 1. The van der Waals surface area contributed by atoms with Crippen molar-refractivity contribution in [3.8, 4) is 0 Å². The van der Waals surface area contributed by atoms with Crippen molar-refractivity contribution in [3.05, 3.63) is 27.4 Å². The van der Waals surface area contributed by atoms with Crippen molar-refractivity contribution in [3.63, 3.8) is 0 Å². The van der Waals surface area contributed by atoms with Gasteiger partial charge in [0.05, 0.1) is 4.92 Å². The summed E-state index contributed by atoms with van der Waals surface area (Å²) in [6, 6.07) is 2.55. The van der Waals surface area contributed by atoms with Crippen molar-refractivity contribution in [1.82, 2.24) is 4.98 Å². The topological polar surface area (TPSA) is 94.1 Å². The number of aromatic nitrogens is 1. The minimum absolute atomic E-state index is 0.0486. The van der Waals surface area contributed by atoms with Gasteiger partial charge in [-0.3, -0.25) is 10.1 Å². The zero-order chi connectivity index (χ0) is 9.14. The minimum atomic E-state index is -0.599. The summed E-state index contributed by atoms with van der Waals surface area (Å²) in [6.45, 7) is 0. The number of hydrogen-bond acceptors (Lipinski definition) is 5. The number of anilines is 1. The highest BCUT2D eigenvalue weighted by molar-refractivity contribution is 6.29. The van der Waals surface area contributed by atoms with E-state index in [1.807, 2.05) is 0 Å². The fourth-order valence-corrected chi connectivity index (χ4v) is 0.829. The van der Waals surface area contributed by atoms with Gasteiger partial charge in [0.15, 0.2) is 0 Å². The van der Waals surface area contributed by atoms with Crippen LogP contribution >= 0.6 is 11.6 Å². The van der Waals surface area contributed by atoms with Crippen molar-refractivity contribution in [2.75, 3.05) is 5.43 Å². The Morgan fingerprint density at radius 3 is 2.83 bits per heavy atom. The quantitative estimate of drug-likeness (QED) is 0.312. The maximum atomic E-state index is 10.3. The number of rotatable bonds is 2. The molecule has 0 radical (unpaired) electrons. The average molecular weight is 189 g/mol. The molecule has 0 saturated carbocycles. The van der Waals surface area contributed by atoms with Crippen LogP contribution in [0.5, 0.6) is 0 Å². The molecule has 1 rings (SSSR count). The van der Waals surface area contributed by atoms with Gasteiger partial charge in [-0.05, 0) is 6.07 Å². The molecule has 0 amide bonds. The van der Waals surface area contributed by atoms with Crippen LogP contribution < -0.4 is 11.3 Å². The molecule has 0 fully saturated rings. The van der Waals surface area contributed by atoms with E-state index in [2.05, 4.69) is 10.4 Å². The smallest absolute Gasteiger partial charge is 0.303 e. The van der Waals surface area contributed by atoms with Crippen LogP contribution in [-0.2, 0) is 0 Å². The molecule has 0 unspecified atom stereocenters. The third-order valence-electron chi connectivity index (χ3n) is 1.17. The molecule has 0 aliphatic heterocycles. The summed E-state index contributed by atoms with van der Waals surface area (Å²) in [6.07, 6.45) is 0. The van der Waals surface area contributed by atoms with Crippen LogP contribution in [-0.4, -0.2) is 9.91 Å². The molecule has 6 nitrogen and oxygen atoms in total. The van der Waals surface area contributed by atoms with Crippen LogP contribution in [0.3, 0.4) is 0 Å². The second-order valence-electron chi connectivity index (χ2n) is 1.90. The lowest BCUT2D eigenvalue weighted by atomic mass is 10.4. The molecule has 1 heterocycles. The molecule has 3 N–H and O–H groups in total. The molecule has 0 atom stereocenters. The Labute approximate surface area is 72.5 Å². The fraction of sp³-hybridized carbons (Fsp3) is 0. The first-order valence-corrected chi connectivity index (χ1v) is 3.30. The molecular formula is C5H5ClN4O2. The van der Waals surface area contributed by atoms with Gasteiger partial charge in [0.2, 0.25) is 5.82 Å². The van der Waals surface area contributed by atoms with Crippen molar-refractivity contribution >= 4 is 23.1 Å². The summed E-state index contributed by atoms with van der Waals surface area (Å²) in [4.78, 5) is 13.3. The van der Waals surface area contributed by atoms with E-state index in [0.717, 1.165) is 0 Å². The number of nitrogens with one attached hydrogen (secondary N) is 1. The predicted molar refractivity (Wildman–Crippen MR) is 43.7 cm³/mol. The number of hydrogen-bond donors (Lipinski definition) is 2. The molecule has 1 aromatic heterocycles. The second-order valence-corrected chi connectivity index (χ2v) is 2.29. The van der Waals surface area contributed by atoms with Gasteiger partial charge in [-0.2, -0.15) is 0 Å². The Bertz CT molecular complexity index is 316. The van der Waals surface area contributed by atoms with Crippen LogP contribution in [0, 0.1) is 10.1 Å². The van der Waals surface area contributed by atoms with E-state index in [1.165, 1.54) is 12.1 Å². The lowest BCUT2D eigenvalue weighted by Gasteiger charge is -1.99. The molecule has 0 saturated heterocycles. The van der Waals surface area contributed by atoms with Crippen LogP contribution in [0.15, 0.2) is 12.1 Å². The summed E-state index contributed by atoms with van der Waals surface area (Å²) >= 11 is 5.47. The molecule has 1 aromatic rings. The number of nitrogen functional groups attached to an aromatic ring is 1. The van der Waals surface area contributed by atoms with Gasteiger partial charge in [-0.15, -0.1) is 0 Å². The Kier molecular flexibility index (Phi) is 2.41. The molecule has 0 aromatic carbocycles. The van der Waals surface area contributed by atoms with Crippen molar-refractivity contribution in [2.45, 2.75) is 0 Å². The first-order chi connectivity index (χ1) is 5.65. The molecule has 0 bridgehead atoms. The molecule has 0 aliphatic carbocycles. The first kappa shape index (κ1) is 8.69. The maximum Gasteiger partial charge on any atom is 0.312 e. The number of nitrogens with two attached hydrogens (primary N) is 1. The van der Waals surface area contributed by atoms with E-state index in [0.29, 0.717) is 0 Å². The van der Waals surface area contributed by atoms with E-state index in [4.69, 9.17) is 17.4 Å². The number of nitro groups is 1. The summed E-state index contributed by atoms with van der Waals surface area (Å²) in [5, 5.41) is 10.5. The van der Waals surface area contributed by atoms with E-state index in [1.54, 1.807) is 0 Å². The van der Waals surface area contributed by atoms with E-state index >= 15 is 0 Å². The number of halogens is 1. The van der Waals surface area contributed by atoms with Crippen LogP contribution in [0.2, 0.25) is 5.15 Å². The average Bonchev–Trinajstić information content (AvgIpc) is 2.03.